The van der Waals surface area contributed by atoms with Crippen LogP contribution in [0.3, 0.4) is 0 Å². The summed E-state index contributed by atoms with van der Waals surface area (Å²) in [7, 11) is 0. The van der Waals surface area contributed by atoms with Crippen molar-refractivity contribution >= 4 is 0 Å². The fourth-order valence-corrected chi connectivity index (χ4v) is 2.12. The van der Waals surface area contributed by atoms with E-state index in [4.69, 9.17) is 10.00 Å². The van der Waals surface area contributed by atoms with Gasteiger partial charge in [0.2, 0.25) is 0 Å². The Bertz CT molecular complexity index is 403. The van der Waals surface area contributed by atoms with Gasteiger partial charge in [-0.1, -0.05) is 6.92 Å². The highest BCUT2D eigenvalue weighted by molar-refractivity contribution is 5.34. The molecular weight excluding hydrogens is 224 g/mol. The predicted octanol–water partition coefficient (Wildman–Crippen LogP) is 2.81. The highest BCUT2D eigenvalue weighted by Gasteiger charge is 2.26. The van der Waals surface area contributed by atoms with Gasteiger partial charge in [-0.2, -0.15) is 5.26 Å². The molecule has 0 amide bonds. The van der Waals surface area contributed by atoms with Crippen molar-refractivity contribution in [1.82, 2.24) is 4.90 Å². The van der Waals surface area contributed by atoms with Gasteiger partial charge in [-0.3, -0.25) is 0 Å². The Hall–Kier alpha value is -1.53. The maximum atomic E-state index is 8.69. The second-order valence-electron chi connectivity index (χ2n) is 4.70. The zero-order chi connectivity index (χ0) is 12.8. The molecule has 3 heteroatoms. The Morgan fingerprint density at radius 1 is 1.33 bits per heavy atom. The first-order chi connectivity index (χ1) is 8.83. The average Bonchev–Trinajstić information content (AvgIpc) is 3.24. The highest BCUT2D eigenvalue weighted by Crippen LogP contribution is 2.26. The van der Waals surface area contributed by atoms with Crippen molar-refractivity contribution in [2.75, 3.05) is 19.7 Å². The highest BCUT2D eigenvalue weighted by atomic mass is 16.5. The van der Waals surface area contributed by atoms with E-state index < -0.39 is 0 Å². The molecule has 0 heterocycles. The van der Waals surface area contributed by atoms with Crippen LogP contribution in [0, 0.1) is 11.3 Å². The minimum absolute atomic E-state index is 0.674. The van der Waals surface area contributed by atoms with Crippen molar-refractivity contribution < 1.29 is 4.74 Å². The molecule has 0 spiro atoms. The standard InChI is InChI=1S/C15H20N2O/c1-2-17(14-6-7-14)10-3-11-18-15-8-4-13(12-16)5-9-15/h4-5,8-9,14H,2-3,6-7,10-11H2,1H3. The van der Waals surface area contributed by atoms with Gasteiger partial charge in [0.15, 0.2) is 0 Å². The van der Waals surface area contributed by atoms with Gasteiger partial charge in [0.1, 0.15) is 5.75 Å². The first-order valence-electron chi connectivity index (χ1n) is 6.70. The van der Waals surface area contributed by atoms with Crippen LogP contribution in [0.5, 0.6) is 5.75 Å². The van der Waals surface area contributed by atoms with Crippen LogP contribution in [0.2, 0.25) is 0 Å². The molecule has 0 radical (unpaired) electrons. The number of nitriles is 1. The number of nitrogens with zero attached hydrogens (tertiary/aromatic N) is 2. The third kappa shape index (κ3) is 3.75. The van der Waals surface area contributed by atoms with E-state index in [2.05, 4.69) is 17.9 Å². The van der Waals surface area contributed by atoms with Crippen LogP contribution in [0.15, 0.2) is 24.3 Å². The fraction of sp³-hybridized carbons (Fsp3) is 0.533. The van der Waals surface area contributed by atoms with Gasteiger partial charge in [0, 0.05) is 12.6 Å². The summed E-state index contributed by atoms with van der Waals surface area (Å²) in [5, 5.41) is 8.69. The first-order valence-corrected chi connectivity index (χ1v) is 6.70. The SMILES string of the molecule is CCN(CCCOc1ccc(C#N)cc1)C1CC1. The zero-order valence-corrected chi connectivity index (χ0v) is 10.9. The van der Waals surface area contributed by atoms with Crippen molar-refractivity contribution in [2.24, 2.45) is 0 Å². The van der Waals surface area contributed by atoms with Crippen molar-refractivity contribution in [3.63, 3.8) is 0 Å². The van der Waals surface area contributed by atoms with Crippen molar-refractivity contribution in [1.29, 1.82) is 5.26 Å². The van der Waals surface area contributed by atoms with E-state index in [1.807, 2.05) is 12.1 Å². The van der Waals surface area contributed by atoms with E-state index in [9.17, 15) is 0 Å². The average molecular weight is 244 g/mol. The summed E-state index contributed by atoms with van der Waals surface area (Å²) in [5.74, 6) is 0.850. The number of hydrogen-bond acceptors (Lipinski definition) is 3. The molecule has 1 saturated carbocycles. The summed E-state index contributed by atoms with van der Waals surface area (Å²) < 4.78 is 5.66. The summed E-state index contributed by atoms with van der Waals surface area (Å²) in [6.45, 7) is 5.23. The molecule has 1 aliphatic rings. The van der Waals surface area contributed by atoms with E-state index in [1.54, 1.807) is 12.1 Å². The monoisotopic (exact) mass is 244 g/mol. The second-order valence-corrected chi connectivity index (χ2v) is 4.70. The molecule has 0 bridgehead atoms. The molecule has 0 N–H and O–H groups in total. The van der Waals surface area contributed by atoms with Crippen molar-refractivity contribution in [3.8, 4) is 11.8 Å². The van der Waals surface area contributed by atoms with Crippen LogP contribution in [0.25, 0.3) is 0 Å². The molecule has 0 atom stereocenters. The molecule has 0 saturated heterocycles. The van der Waals surface area contributed by atoms with Gasteiger partial charge < -0.3 is 9.64 Å². The molecule has 18 heavy (non-hydrogen) atoms. The van der Waals surface area contributed by atoms with Gasteiger partial charge in [0.25, 0.3) is 0 Å². The normalized spacial score (nSPS) is 14.5. The number of hydrogen-bond donors (Lipinski definition) is 0. The maximum Gasteiger partial charge on any atom is 0.119 e. The molecule has 1 aliphatic carbocycles. The molecule has 1 fully saturated rings. The lowest BCUT2D eigenvalue weighted by atomic mass is 10.2. The van der Waals surface area contributed by atoms with Crippen molar-refractivity contribution in [3.05, 3.63) is 29.8 Å². The van der Waals surface area contributed by atoms with Crippen LogP contribution in [-0.4, -0.2) is 30.6 Å². The first kappa shape index (κ1) is 12.9. The fourth-order valence-electron chi connectivity index (χ4n) is 2.12. The summed E-state index contributed by atoms with van der Waals surface area (Å²) >= 11 is 0. The molecule has 0 aromatic heterocycles. The van der Waals surface area contributed by atoms with E-state index in [0.29, 0.717) is 5.56 Å². The summed E-state index contributed by atoms with van der Waals surface area (Å²) in [6.07, 6.45) is 3.79. The number of rotatable bonds is 7. The Morgan fingerprint density at radius 3 is 2.61 bits per heavy atom. The van der Waals surface area contributed by atoms with E-state index in [0.717, 1.165) is 37.9 Å². The Morgan fingerprint density at radius 2 is 2.06 bits per heavy atom. The maximum absolute atomic E-state index is 8.69. The van der Waals surface area contributed by atoms with Crippen molar-refractivity contribution in [2.45, 2.75) is 32.2 Å². The van der Waals surface area contributed by atoms with Crippen LogP contribution < -0.4 is 4.74 Å². The topological polar surface area (TPSA) is 36.3 Å². The third-order valence-corrected chi connectivity index (χ3v) is 3.31. The minimum atomic E-state index is 0.674. The van der Waals surface area contributed by atoms with Crippen LogP contribution in [-0.2, 0) is 0 Å². The minimum Gasteiger partial charge on any atom is -0.494 e. The van der Waals surface area contributed by atoms with E-state index >= 15 is 0 Å². The lowest BCUT2D eigenvalue weighted by Gasteiger charge is -2.19. The predicted molar refractivity (Wildman–Crippen MR) is 71.5 cm³/mol. The van der Waals surface area contributed by atoms with Crippen LogP contribution in [0.1, 0.15) is 31.7 Å². The number of benzene rings is 1. The Labute approximate surface area is 109 Å². The van der Waals surface area contributed by atoms with E-state index in [1.165, 1.54) is 12.8 Å². The molecule has 0 unspecified atom stereocenters. The summed E-state index contributed by atoms with van der Waals surface area (Å²) in [6, 6.07) is 10.2. The lowest BCUT2D eigenvalue weighted by Crippen LogP contribution is -2.27. The van der Waals surface area contributed by atoms with Gasteiger partial charge in [-0.15, -0.1) is 0 Å². The van der Waals surface area contributed by atoms with Gasteiger partial charge in [0.05, 0.1) is 18.2 Å². The van der Waals surface area contributed by atoms with Gasteiger partial charge >= 0.3 is 0 Å². The molecule has 3 nitrogen and oxygen atoms in total. The smallest absolute Gasteiger partial charge is 0.119 e. The molecule has 1 aromatic rings. The molecular formula is C15H20N2O. The largest absolute Gasteiger partial charge is 0.494 e. The zero-order valence-electron chi connectivity index (χ0n) is 10.9. The number of ether oxygens (including phenoxy) is 1. The second kappa shape index (κ2) is 6.42. The van der Waals surface area contributed by atoms with Crippen LogP contribution >= 0.6 is 0 Å². The van der Waals surface area contributed by atoms with Crippen LogP contribution in [0.4, 0.5) is 0 Å². The van der Waals surface area contributed by atoms with Gasteiger partial charge in [-0.25, -0.2) is 0 Å². The third-order valence-electron chi connectivity index (χ3n) is 3.31. The Kier molecular flexibility index (Phi) is 4.60. The molecule has 1 aromatic carbocycles. The molecule has 0 aliphatic heterocycles. The van der Waals surface area contributed by atoms with Gasteiger partial charge in [-0.05, 0) is 50.1 Å². The molecule has 96 valence electrons. The van der Waals surface area contributed by atoms with E-state index in [-0.39, 0.29) is 0 Å². The summed E-state index contributed by atoms with van der Waals surface area (Å²) in [5.41, 5.74) is 0.674. The quantitative estimate of drug-likeness (QED) is 0.692. The molecule has 2 rings (SSSR count). The summed E-state index contributed by atoms with van der Waals surface area (Å²) in [4.78, 5) is 2.53. The Balaban J connectivity index is 1.66. The lowest BCUT2D eigenvalue weighted by molar-refractivity contribution is 0.235.